The number of rotatable bonds is 3. The first kappa shape index (κ1) is 11.2. The SMILES string of the molecule is Cc1ccc(C(C(=O)O)C2CCNCC2)o1. The molecule has 4 nitrogen and oxygen atoms in total. The summed E-state index contributed by atoms with van der Waals surface area (Å²) in [6.07, 6.45) is 1.80. The normalized spacial score (nSPS) is 19.6. The third-order valence-electron chi connectivity index (χ3n) is 3.19. The standard InChI is InChI=1S/C12H17NO3/c1-8-2-3-10(16-8)11(12(14)15)9-4-6-13-7-5-9/h2-3,9,11,13H,4-7H2,1H3,(H,14,15). The van der Waals surface area contributed by atoms with Gasteiger partial charge in [0.1, 0.15) is 17.4 Å². The molecule has 0 spiro atoms. The van der Waals surface area contributed by atoms with E-state index in [2.05, 4.69) is 5.32 Å². The molecule has 4 heteroatoms. The fraction of sp³-hybridized carbons (Fsp3) is 0.583. The van der Waals surface area contributed by atoms with Crippen LogP contribution in [-0.4, -0.2) is 24.2 Å². The topological polar surface area (TPSA) is 62.5 Å². The molecular formula is C12H17NO3. The number of carboxylic acids is 1. The molecule has 1 atom stereocenters. The summed E-state index contributed by atoms with van der Waals surface area (Å²) in [7, 11) is 0. The van der Waals surface area contributed by atoms with Crippen LogP contribution in [0.4, 0.5) is 0 Å². The molecule has 2 heterocycles. The van der Waals surface area contributed by atoms with Crippen molar-refractivity contribution < 1.29 is 14.3 Å². The number of hydrogen-bond acceptors (Lipinski definition) is 3. The van der Waals surface area contributed by atoms with Crippen LogP contribution in [0, 0.1) is 12.8 Å². The Morgan fingerprint density at radius 2 is 2.19 bits per heavy atom. The van der Waals surface area contributed by atoms with Crippen LogP contribution < -0.4 is 5.32 Å². The fourth-order valence-electron chi connectivity index (χ4n) is 2.35. The Balaban J connectivity index is 2.19. The maximum Gasteiger partial charge on any atom is 0.314 e. The molecule has 1 unspecified atom stereocenters. The van der Waals surface area contributed by atoms with Crippen molar-refractivity contribution in [1.82, 2.24) is 5.32 Å². The van der Waals surface area contributed by atoms with Crippen molar-refractivity contribution >= 4 is 5.97 Å². The first-order valence-corrected chi connectivity index (χ1v) is 5.68. The lowest BCUT2D eigenvalue weighted by Gasteiger charge is -2.26. The van der Waals surface area contributed by atoms with Gasteiger partial charge in [-0.3, -0.25) is 4.79 Å². The van der Waals surface area contributed by atoms with Crippen LogP contribution in [0.1, 0.15) is 30.3 Å². The fourth-order valence-corrected chi connectivity index (χ4v) is 2.35. The van der Waals surface area contributed by atoms with Gasteiger partial charge in [0, 0.05) is 0 Å². The molecule has 1 saturated heterocycles. The number of carbonyl (C=O) groups is 1. The zero-order valence-corrected chi connectivity index (χ0v) is 9.40. The minimum atomic E-state index is -0.777. The summed E-state index contributed by atoms with van der Waals surface area (Å²) in [4.78, 5) is 11.3. The van der Waals surface area contributed by atoms with Crippen molar-refractivity contribution in [3.05, 3.63) is 23.7 Å². The van der Waals surface area contributed by atoms with E-state index in [1.165, 1.54) is 0 Å². The Kier molecular flexibility index (Phi) is 3.29. The van der Waals surface area contributed by atoms with E-state index in [0.29, 0.717) is 5.76 Å². The van der Waals surface area contributed by atoms with E-state index in [0.717, 1.165) is 31.7 Å². The van der Waals surface area contributed by atoms with Gasteiger partial charge >= 0.3 is 5.97 Å². The van der Waals surface area contributed by atoms with Crippen LogP contribution in [0.3, 0.4) is 0 Å². The highest BCUT2D eigenvalue weighted by molar-refractivity contribution is 5.75. The molecule has 1 fully saturated rings. The number of aryl methyl sites for hydroxylation is 1. The average molecular weight is 223 g/mol. The molecule has 1 aromatic heterocycles. The van der Waals surface area contributed by atoms with Crippen LogP contribution in [0.15, 0.2) is 16.5 Å². The third-order valence-corrected chi connectivity index (χ3v) is 3.19. The van der Waals surface area contributed by atoms with Gasteiger partial charge in [-0.05, 0) is 50.9 Å². The molecule has 1 aromatic rings. The van der Waals surface area contributed by atoms with Gasteiger partial charge in [0.05, 0.1) is 0 Å². The molecule has 1 aliphatic rings. The van der Waals surface area contributed by atoms with Gasteiger partial charge in [-0.25, -0.2) is 0 Å². The second-order valence-electron chi connectivity index (χ2n) is 4.35. The first-order chi connectivity index (χ1) is 7.68. The first-order valence-electron chi connectivity index (χ1n) is 5.68. The van der Waals surface area contributed by atoms with Gasteiger partial charge in [0.15, 0.2) is 0 Å². The number of hydrogen-bond donors (Lipinski definition) is 2. The summed E-state index contributed by atoms with van der Waals surface area (Å²) < 4.78 is 5.46. The van der Waals surface area contributed by atoms with Crippen molar-refractivity contribution in [1.29, 1.82) is 0 Å². The highest BCUT2D eigenvalue weighted by Crippen LogP contribution is 2.32. The van der Waals surface area contributed by atoms with Crippen molar-refractivity contribution in [2.24, 2.45) is 5.92 Å². The van der Waals surface area contributed by atoms with Gasteiger partial charge in [0.2, 0.25) is 0 Å². The number of furan rings is 1. The van der Waals surface area contributed by atoms with E-state index in [-0.39, 0.29) is 5.92 Å². The summed E-state index contributed by atoms with van der Waals surface area (Å²) in [6, 6.07) is 3.61. The van der Waals surface area contributed by atoms with Crippen LogP contribution >= 0.6 is 0 Å². The number of nitrogens with one attached hydrogen (secondary N) is 1. The van der Waals surface area contributed by atoms with E-state index in [1.54, 1.807) is 6.07 Å². The molecule has 16 heavy (non-hydrogen) atoms. The van der Waals surface area contributed by atoms with Crippen LogP contribution in [0.5, 0.6) is 0 Å². The lowest BCUT2D eigenvalue weighted by Crippen LogP contribution is -2.33. The summed E-state index contributed by atoms with van der Waals surface area (Å²) in [5.74, 6) is 0.286. The molecule has 0 saturated carbocycles. The number of piperidine rings is 1. The second kappa shape index (κ2) is 4.70. The maximum atomic E-state index is 11.3. The summed E-state index contributed by atoms with van der Waals surface area (Å²) in [6.45, 7) is 3.63. The lowest BCUT2D eigenvalue weighted by atomic mass is 9.83. The Bertz CT molecular complexity index is 366. The van der Waals surface area contributed by atoms with Crippen molar-refractivity contribution in [2.45, 2.75) is 25.7 Å². The quantitative estimate of drug-likeness (QED) is 0.819. The Morgan fingerprint density at radius 1 is 1.50 bits per heavy atom. The molecule has 88 valence electrons. The van der Waals surface area contributed by atoms with Crippen LogP contribution in [0.25, 0.3) is 0 Å². The summed E-state index contributed by atoms with van der Waals surface area (Å²) >= 11 is 0. The van der Waals surface area contributed by atoms with Gasteiger partial charge in [-0.15, -0.1) is 0 Å². The summed E-state index contributed by atoms with van der Waals surface area (Å²) in [5.41, 5.74) is 0. The molecular weight excluding hydrogens is 206 g/mol. The minimum Gasteiger partial charge on any atom is -0.481 e. The third kappa shape index (κ3) is 2.27. The highest BCUT2D eigenvalue weighted by atomic mass is 16.4. The average Bonchev–Trinajstić information content (AvgIpc) is 2.66. The zero-order valence-electron chi connectivity index (χ0n) is 9.40. The number of aliphatic carboxylic acids is 1. The summed E-state index contributed by atoms with van der Waals surface area (Å²) in [5, 5.41) is 12.5. The maximum absolute atomic E-state index is 11.3. The molecule has 0 amide bonds. The lowest BCUT2D eigenvalue weighted by molar-refractivity contribution is -0.141. The van der Waals surface area contributed by atoms with Crippen molar-refractivity contribution in [2.75, 3.05) is 13.1 Å². The number of carboxylic acid groups (broad SMARTS) is 1. The van der Waals surface area contributed by atoms with Crippen molar-refractivity contribution in [3.8, 4) is 0 Å². The van der Waals surface area contributed by atoms with E-state index < -0.39 is 11.9 Å². The van der Waals surface area contributed by atoms with E-state index in [1.807, 2.05) is 13.0 Å². The van der Waals surface area contributed by atoms with E-state index in [4.69, 9.17) is 4.42 Å². The Labute approximate surface area is 94.6 Å². The molecule has 1 aliphatic heterocycles. The second-order valence-corrected chi connectivity index (χ2v) is 4.35. The smallest absolute Gasteiger partial charge is 0.314 e. The van der Waals surface area contributed by atoms with Gasteiger partial charge in [0.25, 0.3) is 0 Å². The van der Waals surface area contributed by atoms with Crippen LogP contribution in [-0.2, 0) is 4.79 Å². The Hall–Kier alpha value is -1.29. The van der Waals surface area contributed by atoms with Crippen molar-refractivity contribution in [3.63, 3.8) is 0 Å². The molecule has 2 rings (SSSR count). The molecule has 0 aromatic carbocycles. The predicted octanol–water partition coefficient (Wildman–Crippen LogP) is 1.76. The zero-order chi connectivity index (χ0) is 11.5. The highest BCUT2D eigenvalue weighted by Gasteiger charge is 2.32. The molecule has 0 bridgehead atoms. The molecule has 2 N–H and O–H groups in total. The molecule has 0 radical (unpaired) electrons. The van der Waals surface area contributed by atoms with E-state index >= 15 is 0 Å². The van der Waals surface area contributed by atoms with Crippen LogP contribution in [0.2, 0.25) is 0 Å². The van der Waals surface area contributed by atoms with Gasteiger partial charge < -0.3 is 14.8 Å². The minimum absolute atomic E-state index is 0.185. The Morgan fingerprint density at radius 3 is 2.69 bits per heavy atom. The molecule has 0 aliphatic carbocycles. The monoisotopic (exact) mass is 223 g/mol. The predicted molar refractivity (Wildman–Crippen MR) is 59.4 cm³/mol. The van der Waals surface area contributed by atoms with Gasteiger partial charge in [-0.2, -0.15) is 0 Å². The largest absolute Gasteiger partial charge is 0.481 e. The van der Waals surface area contributed by atoms with E-state index in [9.17, 15) is 9.90 Å². The van der Waals surface area contributed by atoms with Gasteiger partial charge in [-0.1, -0.05) is 0 Å².